The summed E-state index contributed by atoms with van der Waals surface area (Å²) in [6.45, 7) is 12.8. The molecule has 1 aliphatic carbocycles. The van der Waals surface area contributed by atoms with E-state index in [-0.39, 0.29) is 5.41 Å². The van der Waals surface area contributed by atoms with Crippen LogP contribution in [0, 0.1) is 11.8 Å². The van der Waals surface area contributed by atoms with E-state index in [1.807, 2.05) is 0 Å². The smallest absolute Gasteiger partial charge is 0.0271 e. The van der Waals surface area contributed by atoms with Gasteiger partial charge in [0.15, 0.2) is 0 Å². The molecule has 2 unspecified atom stereocenters. The normalized spacial score (nSPS) is 15.1. The van der Waals surface area contributed by atoms with E-state index in [9.17, 15) is 0 Å². The molecule has 0 saturated carbocycles. The van der Waals surface area contributed by atoms with Crippen LogP contribution >= 0.6 is 0 Å². The van der Waals surface area contributed by atoms with Crippen molar-refractivity contribution in [2.45, 2.75) is 122 Å². The summed E-state index contributed by atoms with van der Waals surface area (Å²) in [5, 5.41) is 0. The van der Waals surface area contributed by atoms with Crippen LogP contribution in [-0.4, -0.2) is 0 Å². The molecule has 0 spiro atoms. The van der Waals surface area contributed by atoms with Gasteiger partial charge in [0.1, 0.15) is 0 Å². The van der Waals surface area contributed by atoms with Gasteiger partial charge in [-0.2, -0.15) is 0 Å². The summed E-state index contributed by atoms with van der Waals surface area (Å²) in [6, 6.07) is 19.0. The molecule has 1 aliphatic rings. The highest BCUT2D eigenvalue weighted by Gasteiger charge is 2.52. The molecule has 2 aromatic rings. The Hall–Kier alpha value is -2.08. The molecule has 2 aromatic carbocycles. The van der Waals surface area contributed by atoms with Crippen molar-refractivity contribution < 1.29 is 0 Å². The number of rotatable bonds is 20. The lowest BCUT2D eigenvalue weighted by molar-refractivity contribution is 0.165. The van der Waals surface area contributed by atoms with Crippen molar-refractivity contribution in [3.63, 3.8) is 0 Å². The van der Waals surface area contributed by atoms with Gasteiger partial charge in [0.05, 0.1) is 0 Å². The highest BCUT2D eigenvalue weighted by atomic mass is 14.5. The van der Waals surface area contributed by atoms with Gasteiger partial charge >= 0.3 is 0 Å². The van der Waals surface area contributed by atoms with E-state index in [2.05, 4.69) is 87.7 Å². The first-order valence-electron chi connectivity index (χ1n) is 15.7. The molecule has 0 amide bonds. The van der Waals surface area contributed by atoms with Crippen molar-refractivity contribution in [3.05, 3.63) is 85.0 Å². The SMILES string of the molecule is C=CCCCC(CCCCCC)C1(C(CCCC=C)CCCCCC)c2ccccc2-c2ccccc21. The zero-order valence-electron chi connectivity index (χ0n) is 24.2. The summed E-state index contributed by atoms with van der Waals surface area (Å²) >= 11 is 0. The summed E-state index contributed by atoms with van der Waals surface area (Å²) in [5.41, 5.74) is 6.39. The molecule has 0 fully saturated rings. The van der Waals surface area contributed by atoms with Gasteiger partial charge in [0, 0.05) is 5.41 Å². The van der Waals surface area contributed by atoms with Gasteiger partial charge in [0.25, 0.3) is 0 Å². The van der Waals surface area contributed by atoms with Crippen molar-refractivity contribution in [1.82, 2.24) is 0 Å². The van der Waals surface area contributed by atoms with Crippen molar-refractivity contribution in [2.75, 3.05) is 0 Å². The van der Waals surface area contributed by atoms with Gasteiger partial charge in [-0.15, -0.1) is 13.2 Å². The highest BCUT2D eigenvalue weighted by molar-refractivity contribution is 5.81. The van der Waals surface area contributed by atoms with E-state index in [0.29, 0.717) is 11.8 Å². The summed E-state index contributed by atoms with van der Waals surface area (Å²) in [6.07, 6.45) is 25.1. The Morgan fingerprint density at radius 3 is 1.38 bits per heavy atom. The van der Waals surface area contributed by atoms with Crippen LogP contribution in [0.3, 0.4) is 0 Å². The Morgan fingerprint density at radius 2 is 0.973 bits per heavy atom. The second-order valence-electron chi connectivity index (χ2n) is 11.5. The quantitative estimate of drug-likeness (QED) is 0.126. The maximum atomic E-state index is 4.06. The molecule has 0 saturated heterocycles. The molecular formula is C37H54. The third-order valence-electron chi connectivity index (χ3n) is 9.06. The first-order chi connectivity index (χ1) is 18.2. The molecular weight excluding hydrogens is 444 g/mol. The Kier molecular flexibility index (Phi) is 12.8. The lowest BCUT2D eigenvalue weighted by Crippen LogP contribution is -2.42. The van der Waals surface area contributed by atoms with E-state index in [1.165, 1.54) is 101 Å². The van der Waals surface area contributed by atoms with Gasteiger partial charge in [-0.3, -0.25) is 0 Å². The second kappa shape index (κ2) is 16.0. The first-order valence-corrected chi connectivity index (χ1v) is 15.7. The second-order valence-corrected chi connectivity index (χ2v) is 11.5. The van der Waals surface area contributed by atoms with Crippen LogP contribution in [0.15, 0.2) is 73.8 Å². The average molecular weight is 499 g/mol. The fraction of sp³-hybridized carbons (Fsp3) is 0.568. The van der Waals surface area contributed by atoms with Gasteiger partial charge < -0.3 is 0 Å². The predicted octanol–water partition coefficient (Wildman–Crippen LogP) is 11.8. The molecule has 0 N–H and O–H groups in total. The summed E-state index contributed by atoms with van der Waals surface area (Å²) < 4.78 is 0. The van der Waals surface area contributed by atoms with E-state index < -0.39 is 0 Å². The maximum Gasteiger partial charge on any atom is 0.0271 e. The van der Waals surface area contributed by atoms with Crippen LogP contribution in [-0.2, 0) is 5.41 Å². The molecule has 0 aromatic heterocycles. The van der Waals surface area contributed by atoms with E-state index in [0.717, 1.165) is 12.8 Å². The van der Waals surface area contributed by atoms with Crippen molar-refractivity contribution in [2.24, 2.45) is 11.8 Å². The van der Waals surface area contributed by atoms with Crippen LogP contribution in [0.2, 0.25) is 0 Å². The topological polar surface area (TPSA) is 0 Å². The minimum absolute atomic E-state index is 0.119. The van der Waals surface area contributed by atoms with Crippen LogP contribution in [0.1, 0.15) is 128 Å². The van der Waals surface area contributed by atoms with Crippen LogP contribution in [0.5, 0.6) is 0 Å². The molecule has 0 heteroatoms. The fourth-order valence-corrected chi connectivity index (χ4v) is 7.37. The number of fused-ring (bicyclic) bond motifs is 3. The first kappa shape index (κ1) is 29.5. The number of hydrogen-bond donors (Lipinski definition) is 0. The third kappa shape index (κ3) is 7.07. The van der Waals surface area contributed by atoms with Crippen molar-refractivity contribution in [3.8, 4) is 11.1 Å². The minimum atomic E-state index is 0.119. The van der Waals surface area contributed by atoms with Gasteiger partial charge in [-0.05, 0) is 85.5 Å². The summed E-state index contributed by atoms with van der Waals surface area (Å²) in [7, 11) is 0. The van der Waals surface area contributed by atoms with Crippen LogP contribution < -0.4 is 0 Å². The summed E-state index contributed by atoms with van der Waals surface area (Å²) in [5.74, 6) is 1.35. The minimum Gasteiger partial charge on any atom is -0.103 e. The maximum absolute atomic E-state index is 4.06. The Balaban J connectivity index is 2.15. The molecule has 202 valence electrons. The fourth-order valence-electron chi connectivity index (χ4n) is 7.37. The van der Waals surface area contributed by atoms with Gasteiger partial charge in [-0.1, -0.05) is 126 Å². The predicted molar refractivity (Wildman–Crippen MR) is 165 cm³/mol. The average Bonchev–Trinajstić information content (AvgIpc) is 3.23. The number of benzene rings is 2. The Bertz CT molecular complexity index is 857. The monoisotopic (exact) mass is 498 g/mol. The molecule has 3 rings (SSSR count). The molecule has 37 heavy (non-hydrogen) atoms. The van der Waals surface area contributed by atoms with Crippen LogP contribution in [0.4, 0.5) is 0 Å². The number of unbranched alkanes of at least 4 members (excludes halogenated alkanes) is 8. The number of allylic oxidation sites excluding steroid dienone is 2. The van der Waals surface area contributed by atoms with Crippen LogP contribution in [0.25, 0.3) is 11.1 Å². The highest BCUT2D eigenvalue weighted by Crippen LogP contribution is 2.60. The molecule has 0 radical (unpaired) electrons. The standard InChI is InChI=1S/C37H54/c1-5-9-13-17-25-31(23-15-11-7-3)37(32(24-16-12-8-4)26-18-14-10-6-2)35-29-21-19-27-33(35)34-28-20-22-30-36(34)37/h7-8,19-22,27-32H,3-6,9-18,23-26H2,1-2H3. The Morgan fingerprint density at radius 1 is 0.568 bits per heavy atom. The van der Waals surface area contributed by atoms with E-state index in [1.54, 1.807) is 11.1 Å². The molecule has 0 nitrogen and oxygen atoms in total. The van der Waals surface area contributed by atoms with E-state index in [4.69, 9.17) is 0 Å². The van der Waals surface area contributed by atoms with Gasteiger partial charge in [-0.25, -0.2) is 0 Å². The molecule has 0 heterocycles. The number of hydrogen-bond acceptors (Lipinski definition) is 0. The van der Waals surface area contributed by atoms with Gasteiger partial charge in [0.2, 0.25) is 0 Å². The lowest BCUT2D eigenvalue weighted by atomic mass is 9.56. The zero-order chi connectivity index (χ0) is 26.3. The van der Waals surface area contributed by atoms with Crippen molar-refractivity contribution in [1.29, 1.82) is 0 Å². The van der Waals surface area contributed by atoms with Crippen molar-refractivity contribution >= 4 is 0 Å². The summed E-state index contributed by atoms with van der Waals surface area (Å²) in [4.78, 5) is 0. The molecule has 0 aliphatic heterocycles. The van der Waals surface area contributed by atoms with E-state index >= 15 is 0 Å². The molecule has 2 atom stereocenters. The lowest BCUT2D eigenvalue weighted by Gasteiger charge is -2.47. The third-order valence-corrected chi connectivity index (χ3v) is 9.06. The molecule has 0 bridgehead atoms. The largest absolute Gasteiger partial charge is 0.103 e. The zero-order valence-corrected chi connectivity index (χ0v) is 24.2. The Labute approximate surface area is 229 Å².